The fraction of sp³-hybridized carbons (Fsp3) is 0.0909. The van der Waals surface area contributed by atoms with Crippen molar-refractivity contribution in [2.45, 2.75) is 11.5 Å². The van der Waals surface area contributed by atoms with Crippen LogP contribution in [0.15, 0.2) is 72.8 Å². The second-order valence-corrected chi connectivity index (χ2v) is 8.19. The van der Waals surface area contributed by atoms with Crippen LogP contribution in [0, 0.1) is 0 Å². The fourth-order valence-corrected chi connectivity index (χ4v) is 4.87. The Morgan fingerprint density at radius 2 is 1.68 bits per heavy atom. The number of carbonyl (C=O) groups excluding carboxylic acids is 1. The predicted molar refractivity (Wildman–Crippen MR) is 111 cm³/mol. The summed E-state index contributed by atoms with van der Waals surface area (Å²) in [5.74, 6) is 1.24. The van der Waals surface area contributed by atoms with Crippen LogP contribution in [0.25, 0.3) is 16.5 Å². The number of fused-ring (bicyclic) bond motifs is 2. The van der Waals surface area contributed by atoms with E-state index in [-0.39, 0.29) is 5.91 Å². The maximum absolute atomic E-state index is 13.2. The van der Waals surface area contributed by atoms with Crippen LogP contribution in [-0.4, -0.2) is 19.9 Å². The lowest BCUT2D eigenvalue weighted by Crippen LogP contribution is -2.17. The van der Waals surface area contributed by atoms with Gasteiger partial charge in [-0.3, -0.25) is 9.00 Å². The number of hydrogen-bond donors (Lipinski definition) is 1. The predicted octanol–water partition coefficient (Wildman–Crippen LogP) is 4.04. The fourth-order valence-electron chi connectivity index (χ4n) is 3.61. The van der Waals surface area contributed by atoms with Crippen molar-refractivity contribution in [3.8, 4) is 5.69 Å². The van der Waals surface area contributed by atoms with Gasteiger partial charge in [0.1, 0.15) is 5.82 Å². The summed E-state index contributed by atoms with van der Waals surface area (Å²) in [7, 11) is -0.972. The topological polar surface area (TPSA) is 64.0 Å². The monoisotopic (exact) mass is 387 g/mol. The van der Waals surface area contributed by atoms with E-state index in [4.69, 9.17) is 0 Å². The Morgan fingerprint density at radius 3 is 2.54 bits per heavy atom. The van der Waals surface area contributed by atoms with Gasteiger partial charge in [-0.1, -0.05) is 54.6 Å². The molecule has 6 heteroatoms. The summed E-state index contributed by atoms with van der Waals surface area (Å²) in [4.78, 5) is 13.2. The van der Waals surface area contributed by atoms with E-state index in [0.29, 0.717) is 22.9 Å². The Morgan fingerprint density at radius 1 is 0.929 bits per heavy atom. The molecule has 2 heterocycles. The van der Waals surface area contributed by atoms with Crippen LogP contribution in [0.5, 0.6) is 0 Å². The molecule has 5 nitrogen and oxygen atoms in total. The highest BCUT2D eigenvalue weighted by molar-refractivity contribution is 7.83. The number of rotatable bonds is 3. The normalized spacial score (nSPS) is 15.5. The van der Waals surface area contributed by atoms with Gasteiger partial charge in [-0.25, -0.2) is 4.68 Å². The Hall–Kier alpha value is -3.25. The Kier molecular flexibility index (Phi) is 4.06. The molecule has 138 valence electrons. The number of hydrogen-bond acceptors (Lipinski definition) is 3. The summed E-state index contributed by atoms with van der Waals surface area (Å²) in [6.07, 6.45) is 0. The van der Waals surface area contributed by atoms with E-state index < -0.39 is 10.8 Å². The maximum Gasteiger partial charge on any atom is 0.257 e. The summed E-state index contributed by atoms with van der Waals surface area (Å²) in [5, 5.41) is 9.58. The van der Waals surface area contributed by atoms with Crippen LogP contribution in [0.4, 0.5) is 5.82 Å². The third-order valence-electron chi connectivity index (χ3n) is 4.94. The summed E-state index contributed by atoms with van der Waals surface area (Å²) < 4.78 is 13.8. The number of carbonyl (C=O) groups is 1. The second-order valence-electron chi connectivity index (χ2n) is 6.73. The third kappa shape index (κ3) is 2.82. The minimum absolute atomic E-state index is 0.200. The number of nitrogens with zero attached hydrogens (tertiary/aromatic N) is 2. The van der Waals surface area contributed by atoms with Crippen molar-refractivity contribution in [1.29, 1.82) is 0 Å². The molecular weight excluding hydrogens is 370 g/mol. The second kappa shape index (κ2) is 6.73. The molecule has 0 saturated carbocycles. The highest BCUT2D eigenvalue weighted by Gasteiger charge is 2.28. The van der Waals surface area contributed by atoms with Crippen molar-refractivity contribution < 1.29 is 9.00 Å². The first kappa shape index (κ1) is 16.9. The van der Waals surface area contributed by atoms with E-state index >= 15 is 0 Å². The van der Waals surface area contributed by atoms with Gasteiger partial charge in [0, 0.05) is 21.9 Å². The number of aromatic nitrogens is 2. The summed E-state index contributed by atoms with van der Waals surface area (Å²) >= 11 is 0. The van der Waals surface area contributed by atoms with E-state index in [9.17, 15) is 9.00 Å². The molecule has 0 spiro atoms. The molecule has 5 rings (SSSR count). The molecule has 4 aromatic rings. The van der Waals surface area contributed by atoms with E-state index in [2.05, 4.69) is 10.4 Å². The van der Waals surface area contributed by atoms with E-state index in [0.717, 1.165) is 27.7 Å². The molecule has 1 aliphatic heterocycles. The zero-order valence-corrected chi connectivity index (χ0v) is 15.8. The van der Waals surface area contributed by atoms with Gasteiger partial charge >= 0.3 is 0 Å². The first-order chi connectivity index (χ1) is 13.7. The van der Waals surface area contributed by atoms with E-state index in [1.807, 2.05) is 72.8 Å². The molecule has 1 unspecified atom stereocenters. The molecule has 0 saturated heterocycles. The Balaban J connectivity index is 1.60. The zero-order chi connectivity index (χ0) is 19.1. The number of para-hydroxylation sites is 1. The van der Waals surface area contributed by atoms with E-state index in [1.54, 1.807) is 4.68 Å². The molecule has 0 fully saturated rings. The minimum Gasteiger partial charge on any atom is -0.306 e. The highest BCUT2D eigenvalue weighted by Crippen LogP contribution is 2.32. The molecule has 0 aliphatic carbocycles. The smallest absolute Gasteiger partial charge is 0.257 e. The van der Waals surface area contributed by atoms with Crippen molar-refractivity contribution in [2.75, 3.05) is 5.32 Å². The molecule has 28 heavy (non-hydrogen) atoms. The molecule has 3 aromatic carbocycles. The van der Waals surface area contributed by atoms with Gasteiger partial charge in [0.2, 0.25) is 0 Å². The number of amides is 1. The van der Waals surface area contributed by atoms with Crippen LogP contribution in [0.3, 0.4) is 0 Å². The first-order valence-corrected chi connectivity index (χ1v) is 10.5. The van der Waals surface area contributed by atoms with Gasteiger partial charge in [0.25, 0.3) is 5.91 Å². The molecule has 1 aliphatic rings. The number of nitrogens with one attached hydrogen (secondary N) is 1. The number of anilines is 1. The van der Waals surface area contributed by atoms with Gasteiger partial charge < -0.3 is 5.32 Å². The lowest BCUT2D eigenvalue weighted by Gasteiger charge is -2.12. The molecule has 0 bridgehead atoms. The largest absolute Gasteiger partial charge is 0.306 e. The van der Waals surface area contributed by atoms with Gasteiger partial charge in [0.15, 0.2) is 0 Å². The number of benzene rings is 3. The summed E-state index contributed by atoms with van der Waals surface area (Å²) in [5.41, 5.74) is 3.11. The average molecular weight is 387 g/mol. The third-order valence-corrected chi connectivity index (χ3v) is 6.14. The molecule has 1 aromatic heterocycles. The van der Waals surface area contributed by atoms with Crippen LogP contribution < -0.4 is 5.32 Å². The molecule has 1 atom stereocenters. The summed E-state index contributed by atoms with van der Waals surface area (Å²) in [6.45, 7) is 0. The van der Waals surface area contributed by atoms with Crippen LogP contribution in [-0.2, 0) is 22.3 Å². The Labute approximate surface area is 164 Å². The standard InChI is InChI=1S/C22H17N3O2S/c26-22(18-12-6-8-15-7-4-5-11-17(15)18)23-21-19-13-28(27)14-20(19)24-25(21)16-9-2-1-3-10-16/h1-12H,13-14H2,(H,23,26). The van der Waals surface area contributed by atoms with Gasteiger partial charge in [-0.05, 0) is 29.0 Å². The lowest BCUT2D eigenvalue weighted by atomic mass is 10.0. The lowest BCUT2D eigenvalue weighted by molar-refractivity contribution is 0.102. The molecule has 1 amide bonds. The van der Waals surface area contributed by atoms with Crippen LogP contribution in [0.2, 0.25) is 0 Å². The van der Waals surface area contributed by atoms with Gasteiger partial charge in [-0.15, -0.1) is 0 Å². The average Bonchev–Trinajstić information content (AvgIpc) is 3.25. The van der Waals surface area contributed by atoms with Crippen molar-refractivity contribution in [2.24, 2.45) is 0 Å². The quantitative estimate of drug-likeness (QED) is 0.577. The van der Waals surface area contributed by atoms with E-state index in [1.165, 1.54) is 0 Å². The van der Waals surface area contributed by atoms with Crippen molar-refractivity contribution in [3.63, 3.8) is 0 Å². The zero-order valence-electron chi connectivity index (χ0n) is 15.0. The van der Waals surface area contributed by atoms with Crippen LogP contribution >= 0.6 is 0 Å². The maximum atomic E-state index is 13.2. The molecule has 0 radical (unpaired) electrons. The molecular formula is C22H17N3O2S. The van der Waals surface area contributed by atoms with Gasteiger partial charge in [-0.2, -0.15) is 5.10 Å². The van der Waals surface area contributed by atoms with Gasteiger partial charge in [0.05, 0.1) is 22.9 Å². The highest BCUT2D eigenvalue weighted by atomic mass is 32.2. The minimum atomic E-state index is -0.972. The van der Waals surface area contributed by atoms with Crippen molar-refractivity contribution in [3.05, 3.63) is 89.6 Å². The molecule has 1 N–H and O–H groups in total. The first-order valence-electron chi connectivity index (χ1n) is 9.01. The van der Waals surface area contributed by atoms with Crippen LogP contribution in [0.1, 0.15) is 21.6 Å². The SMILES string of the molecule is O=C(Nc1c2c(nn1-c1ccccc1)CS(=O)C2)c1cccc2ccccc12. The van der Waals surface area contributed by atoms with Crippen molar-refractivity contribution >= 4 is 33.3 Å². The van der Waals surface area contributed by atoms with Crippen molar-refractivity contribution in [1.82, 2.24) is 9.78 Å². The summed E-state index contributed by atoms with van der Waals surface area (Å²) in [6, 6.07) is 23.2. The Bertz CT molecular complexity index is 1230.